The van der Waals surface area contributed by atoms with E-state index in [2.05, 4.69) is 292 Å². The lowest BCUT2D eigenvalue weighted by atomic mass is 9.68. The Balaban J connectivity index is 0.929. The van der Waals surface area contributed by atoms with Gasteiger partial charge in [0.1, 0.15) is 0 Å². The molecule has 11 aromatic carbocycles. The van der Waals surface area contributed by atoms with Crippen molar-refractivity contribution in [3.8, 4) is 66.8 Å². The lowest BCUT2D eigenvalue weighted by Crippen LogP contribution is -2.28. The number of rotatable bonds is 9. The Morgan fingerprint density at radius 1 is 0.239 bits per heavy atom. The summed E-state index contributed by atoms with van der Waals surface area (Å²) in [6, 6.07) is 101. The Kier molecular flexibility index (Phi) is 10.1. The molecule has 0 atom stereocenters. The number of anilines is 3. The van der Waals surface area contributed by atoms with Gasteiger partial charge in [0.2, 0.25) is 0 Å². The van der Waals surface area contributed by atoms with Gasteiger partial charge in [-0.05, 0) is 143 Å². The second kappa shape index (κ2) is 17.0. The van der Waals surface area contributed by atoms with Crippen LogP contribution in [0.4, 0.5) is 17.1 Å². The fraction of sp³-hybridized carbons (Fsp3) is 0.0571. The van der Waals surface area contributed by atoms with Gasteiger partial charge >= 0.3 is 0 Å². The van der Waals surface area contributed by atoms with E-state index in [-0.39, 0.29) is 5.41 Å². The SMILES string of the molecule is CC1(C)c2cc(-c3ccc(-c4ccccc4)cc3)ccc2-c2ccc(N(c3ccc(-c4ccc(-c5ccccc5)cc4)cc3)c3ccc4c(c3)-c3ccccc3C4(c3ccccc3)c3ccccc3)cc21. The minimum atomic E-state index is -0.471. The first-order chi connectivity index (χ1) is 34.9. The zero-order chi connectivity index (χ0) is 47.5. The Morgan fingerprint density at radius 2 is 0.592 bits per heavy atom. The van der Waals surface area contributed by atoms with Crippen molar-refractivity contribution in [2.75, 3.05) is 4.90 Å². The van der Waals surface area contributed by atoms with Crippen LogP contribution >= 0.6 is 0 Å². The molecule has 0 spiro atoms. The van der Waals surface area contributed by atoms with E-state index in [1.807, 2.05) is 0 Å². The van der Waals surface area contributed by atoms with Gasteiger partial charge in [-0.3, -0.25) is 0 Å². The molecule has 0 radical (unpaired) electrons. The fourth-order valence-electron chi connectivity index (χ4n) is 11.8. The van der Waals surface area contributed by atoms with Gasteiger partial charge in [-0.2, -0.15) is 0 Å². The molecule has 11 aromatic rings. The van der Waals surface area contributed by atoms with E-state index >= 15 is 0 Å². The second-order valence-corrected chi connectivity index (χ2v) is 19.6. The summed E-state index contributed by atoms with van der Waals surface area (Å²) in [4.78, 5) is 2.47. The molecular weight excluding hydrogens is 855 g/mol. The van der Waals surface area contributed by atoms with Crippen molar-refractivity contribution < 1.29 is 0 Å². The summed E-state index contributed by atoms with van der Waals surface area (Å²) in [5.74, 6) is 0. The van der Waals surface area contributed by atoms with E-state index in [9.17, 15) is 0 Å². The van der Waals surface area contributed by atoms with Crippen molar-refractivity contribution in [1.29, 1.82) is 0 Å². The van der Waals surface area contributed by atoms with E-state index in [1.54, 1.807) is 0 Å². The molecule has 1 nitrogen and oxygen atoms in total. The fourth-order valence-corrected chi connectivity index (χ4v) is 11.8. The molecule has 71 heavy (non-hydrogen) atoms. The zero-order valence-electron chi connectivity index (χ0n) is 39.9. The lowest BCUT2D eigenvalue weighted by molar-refractivity contribution is 0.660. The molecule has 0 unspecified atom stereocenters. The first kappa shape index (κ1) is 42.3. The van der Waals surface area contributed by atoms with Crippen LogP contribution in [0.1, 0.15) is 47.2 Å². The molecule has 0 amide bonds. The maximum Gasteiger partial charge on any atom is 0.0713 e. The van der Waals surface area contributed by atoms with Crippen LogP contribution in [-0.4, -0.2) is 0 Å². The highest BCUT2D eigenvalue weighted by Gasteiger charge is 2.46. The smallest absolute Gasteiger partial charge is 0.0713 e. The Bertz CT molecular complexity index is 3680. The topological polar surface area (TPSA) is 3.24 Å². The van der Waals surface area contributed by atoms with E-state index in [4.69, 9.17) is 0 Å². The number of benzene rings is 11. The molecule has 0 bridgehead atoms. The molecule has 0 aliphatic heterocycles. The minimum absolute atomic E-state index is 0.232. The maximum absolute atomic E-state index is 2.47. The molecule has 2 aliphatic rings. The van der Waals surface area contributed by atoms with E-state index < -0.39 is 5.41 Å². The quantitative estimate of drug-likeness (QED) is 0.139. The Hall–Kier alpha value is -8.78. The van der Waals surface area contributed by atoms with Gasteiger partial charge in [-0.25, -0.2) is 0 Å². The summed E-state index contributed by atoms with van der Waals surface area (Å²) in [5, 5.41) is 0. The largest absolute Gasteiger partial charge is 0.310 e. The lowest BCUT2D eigenvalue weighted by Gasteiger charge is -2.34. The first-order valence-corrected chi connectivity index (χ1v) is 24.8. The number of nitrogens with zero attached hydrogens (tertiary/aromatic N) is 1. The van der Waals surface area contributed by atoms with Crippen molar-refractivity contribution in [3.05, 3.63) is 306 Å². The van der Waals surface area contributed by atoms with Gasteiger partial charge in [0.05, 0.1) is 5.41 Å². The summed E-state index contributed by atoms with van der Waals surface area (Å²) in [5.41, 5.74) is 25.3. The van der Waals surface area contributed by atoms with Crippen LogP contribution in [0.3, 0.4) is 0 Å². The summed E-state index contributed by atoms with van der Waals surface area (Å²) in [7, 11) is 0. The van der Waals surface area contributed by atoms with Crippen LogP contribution in [-0.2, 0) is 10.8 Å². The van der Waals surface area contributed by atoms with Crippen LogP contribution in [0.5, 0.6) is 0 Å². The molecule has 2 aliphatic carbocycles. The van der Waals surface area contributed by atoms with Gasteiger partial charge in [0.25, 0.3) is 0 Å². The zero-order valence-corrected chi connectivity index (χ0v) is 39.9. The van der Waals surface area contributed by atoms with Crippen molar-refractivity contribution in [1.82, 2.24) is 0 Å². The molecule has 0 saturated heterocycles. The van der Waals surface area contributed by atoms with E-state index in [1.165, 1.54) is 100 Å². The van der Waals surface area contributed by atoms with Gasteiger partial charge < -0.3 is 4.90 Å². The van der Waals surface area contributed by atoms with Crippen molar-refractivity contribution in [2.24, 2.45) is 0 Å². The van der Waals surface area contributed by atoms with Crippen LogP contribution in [0.2, 0.25) is 0 Å². The van der Waals surface area contributed by atoms with Crippen LogP contribution in [0, 0.1) is 0 Å². The number of hydrogen-bond donors (Lipinski definition) is 0. The van der Waals surface area contributed by atoms with Gasteiger partial charge in [-0.15, -0.1) is 0 Å². The van der Waals surface area contributed by atoms with Crippen LogP contribution in [0.25, 0.3) is 66.8 Å². The van der Waals surface area contributed by atoms with Gasteiger partial charge in [0.15, 0.2) is 0 Å². The molecule has 0 saturated carbocycles. The number of hydrogen-bond acceptors (Lipinski definition) is 1. The predicted octanol–water partition coefficient (Wildman–Crippen LogP) is 18.5. The van der Waals surface area contributed by atoms with Crippen molar-refractivity contribution in [3.63, 3.8) is 0 Å². The van der Waals surface area contributed by atoms with Crippen molar-refractivity contribution in [2.45, 2.75) is 24.7 Å². The standard InChI is InChI=1S/C70H51N/c1-69(2)67-45-55(54-33-31-51(32-34-54)49-19-9-4-10-20-49)37-42-62(67)63-43-40-60(47-68(63)69)71(58-38-35-53(36-39-58)52-29-27-50(28-30-52)48-17-7-3-8-18-48)59-41-44-66-64(46-59)61-25-15-16-26-65(61)70(66,56-21-11-5-12-22-56)57-23-13-6-14-24-57/h3-47H,1-2H3. The average molecular weight is 906 g/mol. The summed E-state index contributed by atoms with van der Waals surface area (Å²) in [6.45, 7) is 4.79. The first-order valence-electron chi connectivity index (χ1n) is 24.8. The minimum Gasteiger partial charge on any atom is -0.310 e. The molecule has 0 aromatic heterocycles. The van der Waals surface area contributed by atoms with Crippen LogP contribution in [0.15, 0.2) is 273 Å². The van der Waals surface area contributed by atoms with Crippen LogP contribution < -0.4 is 4.90 Å². The summed E-state index contributed by atoms with van der Waals surface area (Å²) < 4.78 is 0. The highest BCUT2D eigenvalue weighted by atomic mass is 15.1. The monoisotopic (exact) mass is 905 g/mol. The predicted molar refractivity (Wildman–Crippen MR) is 298 cm³/mol. The third-order valence-electron chi connectivity index (χ3n) is 15.4. The second-order valence-electron chi connectivity index (χ2n) is 19.6. The number of fused-ring (bicyclic) bond motifs is 6. The Morgan fingerprint density at radius 3 is 1.14 bits per heavy atom. The Labute approximate surface area is 417 Å². The molecule has 0 heterocycles. The maximum atomic E-state index is 2.47. The van der Waals surface area contributed by atoms with E-state index in [0.29, 0.717) is 0 Å². The normalized spacial score (nSPS) is 13.4. The average Bonchev–Trinajstić information content (AvgIpc) is 3.87. The summed E-state index contributed by atoms with van der Waals surface area (Å²) >= 11 is 0. The molecule has 0 fully saturated rings. The molecule has 0 N–H and O–H groups in total. The van der Waals surface area contributed by atoms with Crippen molar-refractivity contribution >= 4 is 17.1 Å². The highest BCUT2D eigenvalue weighted by Crippen LogP contribution is 2.58. The van der Waals surface area contributed by atoms with Gasteiger partial charge in [0, 0.05) is 22.5 Å². The highest BCUT2D eigenvalue weighted by molar-refractivity contribution is 5.92. The molecule has 336 valence electrons. The third-order valence-corrected chi connectivity index (χ3v) is 15.4. The summed E-state index contributed by atoms with van der Waals surface area (Å²) in [6.07, 6.45) is 0. The van der Waals surface area contributed by atoms with E-state index in [0.717, 1.165) is 17.1 Å². The molecular formula is C70H51N. The van der Waals surface area contributed by atoms with Gasteiger partial charge in [-0.1, -0.05) is 244 Å². The molecule has 1 heteroatoms. The third kappa shape index (κ3) is 6.99. The molecule has 13 rings (SSSR count).